The minimum atomic E-state index is -0.849. The Morgan fingerprint density at radius 2 is 1.85 bits per heavy atom. The molecule has 2 rings (SSSR count). The van der Waals surface area contributed by atoms with Crippen molar-refractivity contribution in [2.45, 2.75) is 6.61 Å². The third kappa shape index (κ3) is 3.27. The molecule has 2 aromatic carbocycles. The van der Waals surface area contributed by atoms with E-state index in [9.17, 15) is 4.79 Å². The number of carbonyl (C=O) groups excluding carboxylic acids is 1. The predicted octanol–water partition coefficient (Wildman–Crippen LogP) is 2.90. The summed E-state index contributed by atoms with van der Waals surface area (Å²) in [4.78, 5) is 14.9. The molecule has 0 radical (unpaired) electrons. The molecule has 0 saturated carbocycles. The zero-order chi connectivity index (χ0) is 14.4. The van der Waals surface area contributed by atoms with Crippen LogP contribution in [-0.4, -0.2) is 18.3 Å². The third-order valence-electron chi connectivity index (χ3n) is 2.72. The summed E-state index contributed by atoms with van der Waals surface area (Å²) in [5.41, 5.74) is 1.20. The van der Waals surface area contributed by atoms with Crippen molar-refractivity contribution in [1.82, 2.24) is 0 Å². The number of rotatable bonds is 5. The van der Waals surface area contributed by atoms with Gasteiger partial charge in [-0.1, -0.05) is 30.3 Å². The summed E-state index contributed by atoms with van der Waals surface area (Å²) >= 11 is 0. The molecule has 0 aliphatic carbocycles. The van der Waals surface area contributed by atoms with Crippen molar-refractivity contribution in [3.63, 3.8) is 0 Å². The average Bonchev–Trinajstić information content (AvgIpc) is 2.53. The van der Waals surface area contributed by atoms with Crippen LogP contribution in [0.15, 0.2) is 48.5 Å². The fraction of sp³-hybridized carbons (Fsp3) is 0.133. The van der Waals surface area contributed by atoms with Crippen LogP contribution in [-0.2, 0) is 11.5 Å². The Morgan fingerprint density at radius 1 is 1.10 bits per heavy atom. The average molecular weight is 274 g/mol. The van der Waals surface area contributed by atoms with Gasteiger partial charge in [-0.2, -0.15) is 5.26 Å². The lowest BCUT2D eigenvalue weighted by Crippen LogP contribution is -2.03. The highest BCUT2D eigenvalue weighted by Crippen LogP contribution is 2.29. The van der Waals surface area contributed by atoms with E-state index in [4.69, 9.17) is 14.7 Å². The van der Waals surface area contributed by atoms with E-state index in [1.54, 1.807) is 6.07 Å². The Labute approximate surface area is 116 Å². The van der Waals surface area contributed by atoms with Crippen LogP contribution >= 0.6 is 0 Å². The summed E-state index contributed by atoms with van der Waals surface area (Å²) in [6.45, 7) is 0.390. The summed E-state index contributed by atoms with van der Waals surface area (Å²) in [6, 6.07) is 14.2. The first-order valence-corrected chi connectivity index (χ1v) is 5.95. The minimum absolute atomic E-state index is 0.177. The van der Waals surface area contributed by atoms with Gasteiger partial charge < -0.3 is 9.47 Å². The van der Waals surface area contributed by atoms with Gasteiger partial charge in [-0.25, -0.2) is 4.79 Å². The van der Waals surface area contributed by atoms with E-state index in [0.717, 1.165) is 5.56 Å². The lowest BCUT2D eigenvalue weighted by Gasteiger charge is -2.11. The highest BCUT2D eigenvalue weighted by molar-refractivity contribution is 5.89. The number of methoxy groups -OCH3 is 1. The summed E-state index contributed by atoms with van der Waals surface area (Å²) in [5, 5.41) is 8.35. The van der Waals surface area contributed by atoms with Gasteiger partial charge >= 0.3 is 5.97 Å². The maximum Gasteiger partial charge on any atom is 0.372 e. The fourth-order valence-electron chi connectivity index (χ4n) is 1.70. The number of benzene rings is 2. The Bertz CT molecular complexity index is 580. The van der Waals surface area contributed by atoms with Gasteiger partial charge in [0.15, 0.2) is 11.5 Å². The fourth-order valence-corrected chi connectivity index (χ4v) is 1.70. The van der Waals surface area contributed by atoms with Gasteiger partial charge in [0.25, 0.3) is 0 Å². The van der Waals surface area contributed by atoms with Crippen molar-refractivity contribution in [2.24, 2.45) is 0 Å². The van der Waals surface area contributed by atoms with E-state index in [1.807, 2.05) is 30.3 Å². The lowest BCUT2D eigenvalue weighted by atomic mass is 10.2. The van der Waals surface area contributed by atoms with Crippen molar-refractivity contribution < 1.29 is 24.4 Å². The van der Waals surface area contributed by atoms with Gasteiger partial charge in [-0.05, 0) is 23.8 Å². The molecular formula is C15H14O5. The molecule has 0 unspecified atom stereocenters. The Balaban J connectivity index is 2.13. The molecule has 0 aromatic heterocycles. The molecule has 5 heteroatoms. The number of hydrogen-bond acceptors (Lipinski definition) is 5. The van der Waals surface area contributed by atoms with Crippen molar-refractivity contribution in [1.29, 1.82) is 0 Å². The van der Waals surface area contributed by atoms with Crippen LogP contribution in [0.25, 0.3) is 0 Å². The summed E-state index contributed by atoms with van der Waals surface area (Å²) in [6.07, 6.45) is 0. The number of carbonyl (C=O) groups is 1. The van der Waals surface area contributed by atoms with Crippen LogP contribution in [0.1, 0.15) is 15.9 Å². The summed E-state index contributed by atoms with van der Waals surface area (Å²) < 4.78 is 10.8. The SMILES string of the molecule is COc1cc(C(=O)OO)ccc1OCc1ccccc1. The smallest absolute Gasteiger partial charge is 0.372 e. The first-order chi connectivity index (χ1) is 9.74. The van der Waals surface area contributed by atoms with Gasteiger partial charge in [0.05, 0.1) is 12.7 Å². The van der Waals surface area contributed by atoms with E-state index < -0.39 is 5.97 Å². The van der Waals surface area contributed by atoms with Gasteiger partial charge in [-0.3, -0.25) is 4.89 Å². The maximum atomic E-state index is 11.2. The topological polar surface area (TPSA) is 65.0 Å². The molecule has 0 bridgehead atoms. The molecule has 1 N–H and O–H groups in total. The largest absolute Gasteiger partial charge is 0.493 e. The minimum Gasteiger partial charge on any atom is -0.493 e. The Kier molecular flexibility index (Phi) is 4.57. The summed E-state index contributed by atoms with van der Waals surface area (Å²) in [7, 11) is 1.47. The molecule has 0 aliphatic rings. The molecule has 0 spiro atoms. The first-order valence-electron chi connectivity index (χ1n) is 5.95. The zero-order valence-electron chi connectivity index (χ0n) is 10.9. The molecule has 20 heavy (non-hydrogen) atoms. The molecular weight excluding hydrogens is 260 g/mol. The third-order valence-corrected chi connectivity index (χ3v) is 2.72. The first kappa shape index (κ1) is 13.9. The molecule has 104 valence electrons. The molecule has 0 amide bonds. The van der Waals surface area contributed by atoms with Gasteiger partial charge in [0.2, 0.25) is 0 Å². The van der Waals surface area contributed by atoms with Crippen molar-refractivity contribution in [3.8, 4) is 11.5 Å². The Morgan fingerprint density at radius 3 is 2.50 bits per heavy atom. The van der Waals surface area contributed by atoms with Crippen LogP contribution in [0, 0.1) is 0 Å². The molecule has 0 aliphatic heterocycles. The second-order valence-corrected chi connectivity index (χ2v) is 4.02. The molecule has 0 saturated heterocycles. The Hall–Kier alpha value is -2.53. The van der Waals surface area contributed by atoms with Crippen molar-refractivity contribution in [3.05, 3.63) is 59.7 Å². The zero-order valence-corrected chi connectivity index (χ0v) is 10.9. The van der Waals surface area contributed by atoms with Crippen molar-refractivity contribution in [2.75, 3.05) is 7.11 Å². The highest BCUT2D eigenvalue weighted by atomic mass is 17.1. The number of hydrogen-bond donors (Lipinski definition) is 1. The monoisotopic (exact) mass is 274 g/mol. The molecule has 0 atom stereocenters. The van der Waals surface area contributed by atoms with Gasteiger partial charge in [0.1, 0.15) is 6.61 Å². The molecule has 0 fully saturated rings. The quantitative estimate of drug-likeness (QED) is 0.671. The highest BCUT2D eigenvalue weighted by Gasteiger charge is 2.12. The van der Waals surface area contributed by atoms with Crippen LogP contribution in [0.5, 0.6) is 11.5 Å². The normalized spacial score (nSPS) is 9.90. The van der Waals surface area contributed by atoms with Gasteiger partial charge in [-0.15, -0.1) is 0 Å². The van der Waals surface area contributed by atoms with Gasteiger partial charge in [0, 0.05) is 0 Å². The van der Waals surface area contributed by atoms with E-state index in [1.165, 1.54) is 19.2 Å². The van der Waals surface area contributed by atoms with E-state index in [0.29, 0.717) is 18.1 Å². The van der Waals surface area contributed by atoms with Crippen LogP contribution in [0.2, 0.25) is 0 Å². The number of ether oxygens (including phenoxy) is 2. The lowest BCUT2D eigenvalue weighted by molar-refractivity contribution is -0.182. The van der Waals surface area contributed by atoms with E-state index >= 15 is 0 Å². The second-order valence-electron chi connectivity index (χ2n) is 4.02. The van der Waals surface area contributed by atoms with Crippen LogP contribution in [0.4, 0.5) is 0 Å². The van der Waals surface area contributed by atoms with Crippen molar-refractivity contribution >= 4 is 5.97 Å². The maximum absolute atomic E-state index is 11.2. The molecule has 5 nitrogen and oxygen atoms in total. The molecule has 2 aromatic rings. The van der Waals surface area contributed by atoms with Crippen LogP contribution in [0.3, 0.4) is 0 Å². The predicted molar refractivity (Wildman–Crippen MR) is 71.8 cm³/mol. The second kappa shape index (κ2) is 6.58. The van der Waals surface area contributed by atoms with E-state index in [-0.39, 0.29) is 5.56 Å². The van der Waals surface area contributed by atoms with Crippen LogP contribution < -0.4 is 9.47 Å². The standard InChI is InChI=1S/C15H14O5/c1-18-14-9-12(15(16)20-17)7-8-13(14)19-10-11-5-3-2-4-6-11/h2-9,17H,10H2,1H3. The van der Waals surface area contributed by atoms with E-state index in [2.05, 4.69) is 4.89 Å². The summed E-state index contributed by atoms with van der Waals surface area (Å²) in [5.74, 6) is 0.0487. The molecule has 0 heterocycles.